The summed E-state index contributed by atoms with van der Waals surface area (Å²) in [5.74, 6) is -0.947. The van der Waals surface area contributed by atoms with Crippen LogP contribution in [-0.4, -0.2) is 66.7 Å². The molecule has 2 N–H and O–H groups in total. The van der Waals surface area contributed by atoms with Gasteiger partial charge in [-0.1, -0.05) is 12.8 Å². The molecule has 0 aromatic heterocycles. The van der Waals surface area contributed by atoms with Gasteiger partial charge >= 0.3 is 12.0 Å². The fourth-order valence-electron chi connectivity index (χ4n) is 2.31. The standard InChI is InChI=1S/C12H23N3O3/c1-13-7-8-14(2)12(18)15(9-11(16)17)10-5-3-4-6-10/h10,13H,3-9H2,1-2H3,(H,16,17). The maximum absolute atomic E-state index is 12.2. The summed E-state index contributed by atoms with van der Waals surface area (Å²) in [5.41, 5.74) is 0. The van der Waals surface area contributed by atoms with Crippen LogP contribution in [0.3, 0.4) is 0 Å². The van der Waals surface area contributed by atoms with Crippen LogP contribution in [0.5, 0.6) is 0 Å². The SMILES string of the molecule is CNCCN(C)C(=O)N(CC(=O)O)C1CCCC1. The molecule has 0 aromatic carbocycles. The largest absolute Gasteiger partial charge is 0.480 e. The van der Waals surface area contributed by atoms with Crippen LogP contribution < -0.4 is 5.32 Å². The number of carboxylic acids is 1. The lowest BCUT2D eigenvalue weighted by Gasteiger charge is -2.31. The Morgan fingerprint density at radius 3 is 2.44 bits per heavy atom. The van der Waals surface area contributed by atoms with Crippen LogP contribution in [0.2, 0.25) is 0 Å². The minimum atomic E-state index is -0.947. The van der Waals surface area contributed by atoms with E-state index in [1.807, 2.05) is 7.05 Å². The predicted molar refractivity (Wildman–Crippen MR) is 68.6 cm³/mol. The topological polar surface area (TPSA) is 72.9 Å². The Hall–Kier alpha value is -1.30. The maximum atomic E-state index is 12.2. The fourth-order valence-corrected chi connectivity index (χ4v) is 2.31. The quantitative estimate of drug-likeness (QED) is 0.730. The van der Waals surface area contributed by atoms with Crippen molar-refractivity contribution in [3.63, 3.8) is 0 Å². The van der Waals surface area contributed by atoms with Crippen LogP contribution in [0.1, 0.15) is 25.7 Å². The van der Waals surface area contributed by atoms with Gasteiger partial charge in [-0.3, -0.25) is 4.79 Å². The lowest BCUT2D eigenvalue weighted by Crippen LogP contribution is -2.49. The Bertz CT molecular complexity index is 290. The molecule has 6 nitrogen and oxygen atoms in total. The average Bonchev–Trinajstić information content (AvgIpc) is 2.85. The first-order valence-corrected chi connectivity index (χ1v) is 6.44. The van der Waals surface area contributed by atoms with Gasteiger partial charge < -0.3 is 20.2 Å². The molecule has 0 spiro atoms. The second kappa shape index (κ2) is 7.20. The van der Waals surface area contributed by atoms with Gasteiger partial charge in [0.1, 0.15) is 6.54 Å². The van der Waals surface area contributed by atoms with Gasteiger partial charge in [-0.15, -0.1) is 0 Å². The minimum absolute atomic E-state index is 0.0886. The first kappa shape index (κ1) is 14.8. The lowest BCUT2D eigenvalue weighted by atomic mass is 10.2. The van der Waals surface area contributed by atoms with E-state index in [-0.39, 0.29) is 18.6 Å². The van der Waals surface area contributed by atoms with Crippen LogP contribution in [-0.2, 0) is 4.79 Å². The highest BCUT2D eigenvalue weighted by atomic mass is 16.4. The van der Waals surface area contributed by atoms with E-state index in [4.69, 9.17) is 5.11 Å². The Balaban J connectivity index is 2.62. The number of amides is 2. The fraction of sp³-hybridized carbons (Fsp3) is 0.833. The van der Waals surface area contributed by atoms with E-state index in [0.717, 1.165) is 25.7 Å². The molecule has 0 bridgehead atoms. The van der Waals surface area contributed by atoms with Gasteiger partial charge in [0.05, 0.1) is 0 Å². The second-order valence-electron chi connectivity index (χ2n) is 4.77. The van der Waals surface area contributed by atoms with E-state index in [9.17, 15) is 9.59 Å². The molecule has 0 aromatic rings. The number of likely N-dealkylation sites (N-methyl/N-ethyl adjacent to an activating group) is 2. The highest BCUT2D eigenvalue weighted by molar-refractivity contribution is 5.80. The summed E-state index contributed by atoms with van der Waals surface area (Å²) in [6.07, 6.45) is 3.99. The summed E-state index contributed by atoms with van der Waals surface area (Å²) in [5, 5.41) is 11.9. The molecule has 104 valence electrons. The molecule has 18 heavy (non-hydrogen) atoms. The van der Waals surface area contributed by atoms with Crippen molar-refractivity contribution in [1.29, 1.82) is 0 Å². The number of hydrogen-bond donors (Lipinski definition) is 2. The van der Waals surface area contributed by atoms with E-state index >= 15 is 0 Å². The van der Waals surface area contributed by atoms with Crippen molar-refractivity contribution >= 4 is 12.0 Å². The minimum Gasteiger partial charge on any atom is -0.480 e. The molecule has 0 radical (unpaired) electrons. The monoisotopic (exact) mass is 257 g/mol. The first-order valence-electron chi connectivity index (χ1n) is 6.44. The smallest absolute Gasteiger partial charge is 0.323 e. The van der Waals surface area contributed by atoms with Crippen LogP contribution in [0.4, 0.5) is 4.79 Å². The number of nitrogens with zero attached hydrogens (tertiary/aromatic N) is 2. The highest BCUT2D eigenvalue weighted by Crippen LogP contribution is 2.24. The normalized spacial score (nSPS) is 15.7. The van der Waals surface area contributed by atoms with Gasteiger partial charge in [-0.2, -0.15) is 0 Å². The number of rotatable bonds is 6. The Kier molecular flexibility index (Phi) is 5.91. The molecular formula is C12H23N3O3. The van der Waals surface area contributed by atoms with E-state index < -0.39 is 5.97 Å². The van der Waals surface area contributed by atoms with Crippen molar-refractivity contribution in [2.24, 2.45) is 0 Å². The van der Waals surface area contributed by atoms with Crippen LogP contribution in [0, 0.1) is 0 Å². The number of urea groups is 1. The van der Waals surface area contributed by atoms with Crippen molar-refractivity contribution in [2.45, 2.75) is 31.7 Å². The van der Waals surface area contributed by atoms with Gasteiger partial charge in [0.2, 0.25) is 0 Å². The third-order valence-electron chi connectivity index (χ3n) is 3.34. The third-order valence-corrected chi connectivity index (χ3v) is 3.34. The average molecular weight is 257 g/mol. The van der Waals surface area contributed by atoms with Crippen molar-refractivity contribution in [3.05, 3.63) is 0 Å². The predicted octanol–water partition coefficient (Wildman–Crippen LogP) is 0.587. The number of carbonyl (C=O) groups is 2. The van der Waals surface area contributed by atoms with Crippen molar-refractivity contribution in [3.8, 4) is 0 Å². The summed E-state index contributed by atoms with van der Waals surface area (Å²) in [6.45, 7) is 1.08. The van der Waals surface area contributed by atoms with Crippen molar-refractivity contribution in [2.75, 3.05) is 33.7 Å². The first-order chi connectivity index (χ1) is 8.56. The molecule has 1 aliphatic carbocycles. The van der Waals surface area contributed by atoms with Gasteiger partial charge in [-0.25, -0.2) is 4.79 Å². The molecule has 1 fully saturated rings. The second-order valence-corrected chi connectivity index (χ2v) is 4.77. The Morgan fingerprint density at radius 2 is 1.94 bits per heavy atom. The molecular weight excluding hydrogens is 234 g/mol. The Labute approximate surface area is 108 Å². The van der Waals surface area contributed by atoms with Crippen LogP contribution in [0.25, 0.3) is 0 Å². The molecule has 0 atom stereocenters. The molecule has 1 saturated carbocycles. The number of carbonyl (C=O) groups excluding carboxylic acids is 1. The van der Waals surface area contributed by atoms with E-state index in [0.29, 0.717) is 13.1 Å². The van der Waals surface area contributed by atoms with Gasteiger partial charge in [0, 0.05) is 26.2 Å². The zero-order valence-electron chi connectivity index (χ0n) is 11.2. The van der Waals surface area contributed by atoms with Crippen LogP contribution >= 0.6 is 0 Å². The summed E-state index contributed by atoms with van der Waals surface area (Å²) in [6, 6.07) is -0.0924. The number of carboxylic acid groups (broad SMARTS) is 1. The van der Waals surface area contributed by atoms with E-state index in [1.165, 1.54) is 4.90 Å². The van der Waals surface area contributed by atoms with Gasteiger partial charge in [0.15, 0.2) is 0 Å². The number of hydrogen-bond acceptors (Lipinski definition) is 3. The van der Waals surface area contributed by atoms with Gasteiger partial charge in [0.25, 0.3) is 0 Å². The number of aliphatic carboxylic acids is 1. The molecule has 0 aliphatic heterocycles. The summed E-state index contributed by atoms with van der Waals surface area (Å²) >= 11 is 0. The molecule has 0 unspecified atom stereocenters. The zero-order valence-corrected chi connectivity index (χ0v) is 11.2. The van der Waals surface area contributed by atoms with Crippen LogP contribution in [0.15, 0.2) is 0 Å². The summed E-state index contributed by atoms with van der Waals surface area (Å²) < 4.78 is 0. The molecule has 2 amide bonds. The molecule has 6 heteroatoms. The lowest BCUT2D eigenvalue weighted by molar-refractivity contribution is -0.138. The number of nitrogens with one attached hydrogen (secondary N) is 1. The van der Waals surface area contributed by atoms with E-state index in [2.05, 4.69) is 5.32 Å². The van der Waals surface area contributed by atoms with E-state index in [1.54, 1.807) is 11.9 Å². The summed E-state index contributed by atoms with van der Waals surface area (Å²) in [7, 11) is 3.54. The third kappa shape index (κ3) is 4.18. The van der Waals surface area contributed by atoms with Crippen molar-refractivity contribution < 1.29 is 14.7 Å². The molecule has 1 rings (SSSR count). The molecule has 1 aliphatic rings. The molecule has 0 heterocycles. The highest BCUT2D eigenvalue weighted by Gasteiger charge is 2.29. The molecule has 0 saturated heterocycles. The maximum Gasteiger partial charge on any atom is 0.323 e. The van der Waals surface area contributed by atoms with Gasteiger partial charge in [-0.05, 0) is 19.9 Å². The van der Waals surface area contributed by atoms with Crippen molar-refractivity contribution in [1.82, 2.24) is 15.1 Å². The zero-order chi connectivity index (χ0) is 13.5. The summed E-state index contributed by atoms with van der Waals surface area (Å²) in [4.78, 5) is 26.2. The Morgan fingerprint density at radius 1 is 1.33 bits per heavy atom.